The van der Waals surface area contributed by atoms with Gasteiger partial charge in [-0.2, -0.15) is 0 Å². The van der Waals surface area contributed by atoms with Crippen molar-refractivity contribution in [3.8, 4) is 11.5 Å². The van der Waals surface area contributed by atoms with E-state index < -0.39 is 11.0 Å². The summed E-state index contributed by atoms with van der Waals surface area (Å²) in [6, 6.07) is 11.0. The van der Waals surface area contributed by atoms with Crippen LogP contribution in [-0.4, -0.2) is 37.9 Å². The number of para-hydroxylation sites is 2. The molecular weight excluding hydrogens is 484 g/mol. The largest absolute Gasteiger partial charge is 0.497 e. The van der Waals surface area contributed by atoms with E-state index in [2.05, 4.69) is 40.9 Å². The number of aromatic nitrogens is 4. The predicted octanol–water partition coefficient (Wildman–Crippen LogP) is 4.02. The van der Waals surface area contributed by atoms with Gasteiger partial charge in [-0.05, 0) is 28.1 Å². The van der Waals surface area contributed by atoms with E-state index in [1.807, 2.05) is 31.3 Å². The van der Waals surface area contributed by atoms with Crippen LogP contribution in [0.4, 0.5) is 17.3 Å². The first-order valence-electron chi connectivity index (χ1n) is 9.10. The molecule has 9 nitrogen and oxygen atoms in total. The number of rotatable bonds is 7. The summed E-state index contributed by atoms with van der Waals surface area (Å²) in [6.07, 6.45) is 3.26. The second-order valence-corrected chi connectivity index (χ2v) is 8.43. The lowest BCUT2D eigenvalue weighted by atomic mass is 10.2. The highest BCUT2D eigenvalue weighted by Crippen LogP contribution is 2.39. The number of nitrogens with one attached hydrogen (secondary N) is 2. The Balaban J connectivity index is 1.77. The topological polar surface area (TPSA) is 103 Å². The molecule has 160 valence electrons. The molecule has 0 saturated carbocycles. The van der Waals surface area contributed by atoms with Gasteiger partial charge in [0.25, 0.3) is 0 Å². The average Bonchev–Trinajstić information content (AvgIpc) is 3.22. The summed E-state index contributed by atoms with van der Waals surface area (Å²) in [5.74, 6) is 1.89. The van der Waals surface area contributed by atoms with Crippen LogP contribution in [0.25, 0.3) is 11.0 Å². The zero-order valence-electron chi connectivity index (χ0n) is 16.9. The highest BCUT2D eigenvalue weighted by molar-refractivity contribution is 9.10. The first-order valence-corrected chi connectivity index (χ1v) is 11.0. The minimum Gasteiger partial charge on any atom is -0.497 e. The van der Waals surface area contributed by atoms with Crippen molar-refractivity contribution in [2.75, 3.05) is 24.3 Å². The van der Waals surface area contributed by atoms with Gasteiger partial charge in [-0.25, -0.2) is 19.2 Å². The maximum atomic E-state index is 12.8. The van der Waals surface area contributed by atoms with Gasteiger partial charge in [0.2, 0.25) is 0 Å². The fourth-order valence-corrected chi connectivity index (χ4v) is 4.16. The van der Waals surface area contributed by atoms with Crippen LogP contribution in [0.2, 0.25) is 0 Å². The van der Waals surface area contributed by atoms with E-state index in [1.165, 1.54) is 0 Å². The maximum absolute atomic E-state index is 12.8. The Morgan fingerprint density at radius 3 is 2.39 bits per heavy atom. The first kappa shape index (κ1) is 21.1. The quantitative estimate of drug-likeness (QED) is 0.393. The van der Waals surface area contributed by atoms with Gasteiger partial charge in [-0.1, -0.05) is 12.1 Å². The standard InChI is InChI=1S/C20H19BrN6O3S/c1-27-10-17(22-11-27)31(28)26-20-19(23-13-6-4-5-7-14(13)24-20)25-15-8-12(29-2)9-16(30-3)18(15)21/h4-11H,1-3H3,(H,23,25)(H,24,26). The minimum atomic E-state index is -1.63. The van der Waals surface area contributed by atoms with Crippen LogP contribution < -0.4 is 19.5 Å². The second kappa shape index (κ2) is 8.90. The third kappa shape index (κ3) is 4.47. The number of aryl methyl sites for hydroxylation is 1. The van der Waals surface area contributed by atoms with E-state index in [-0.39, 0.29) is 0 Å². The van der Waals surface area contributed by atoms with Crippen molar-refractivity contribution in [2.24, 2.45) is 7.05 Å². The normalized spacial score (nSPS) is 11.9. The van der Waals surface area contributed by atoms with E-state index in [0.29, 0.717) is 49.4 Å². The van der Waals surface area contributed by atoms with Crippen molar-refractivity contribution >= 4 is 55.3 Å². The smallest absolute Gasteiger partial charge is 0.182 e. The highest BCUT2D eigenvalue weighted by Gasteiger charge is 2.17. The van der Waals surface area contributed by atoms with Crippen LogP contribution in [0.5, 0.6) is 11.5 Å². The van der Waals surface area contributed by atoms with Crippen LogP contribution in [-0.2, 0) is 18.0 Å². The molecule has 0 aliphatic heterocycles. The van der Waals surface area contributed by atoms with Gasteiger partial charge in [0, 0.05) is 25.4 Å². The van der Waals surface area contributed by atoms with Crippen molar-refractivity contribution in [2.45, 2.75) is 5.03 Å². The molecular formula is C20H19BrN6O3S. The first-order chi connectivity index (χ1) is 15.0. The Bertz CT molecular complexity index is 1280. The molecule has 0 bridgehead atoms. The van der Waals surface area contributed by atoms with Gasteiger partial charge in [0.1, 0.15) is 11.5 Å². The molecule has 0 saturated heterocycles. The molecule has 1 atom stereocenters. The second-order valence-electron chi connectivity index (χ2n) is 6.47. The van der Waals surface area contributed by atoms with Crippen LogP contribution in [0, 0.1) is 0 Å². The van der Waals surface area contributed by atoms with E-state index in [9.17, 15) is 4.21 Å². The lowest BCUT2D eigenvalue weighted by molar-refractivity contribution is 0.393. The van der Waals surface area contributed by atoms with Crippen molar-refractivity contribution in [1.29, 1.82) is 0 Å². The third-order valence-corrected chi connectivity index (χ3v) is 6.14. The average molecular weight is 503 g/mol. The number of imidazole rings is 1. The van der Waals surface area contributed by atoms with Crippen molar-refractivity contribution in [3.05, 3.63) is 53.4 Å². The number of fused-ring (bicyclic) bond motifs is 1. The summed E-state index contributed by atoms with van der Waals surface area (Å²) in [5.41, 5.74) is 1.99. The molecule has 11 heteroatoms. The summed E-state index contributed by atoms with van der Waals surface area (Å²) >= 11 is 3.54. The number of benzene rings is 2. The van der Waals surface area contributed by atoms with Crippen molar-refractivity contribution < 1.29 is 13.7 Å². The lowest BCUT2D eigenvalue weighted by Crippen LogP contribution is -2.10. The highest BCUT2D eigenvalue weighted by atomic mass is 79.9. The molecule has 0 aliphatic rings. The summed E-state index contributed by atoms with van der Waals surface area (Å²) < 4.78 is 28.9. The summed E-state index contributed by atoms with van der Waals surface area (Å²) in [7, 11) is 3.33. The number of anilines is 3. The molecule has 2 aromatic heterocycles. The summed E-state index contributed by atoms with van der Waals surface area (Å²) in [4.78, 5) is 13.4. The third-order valence-electron chi connectivity index (χ3n) is 4.35. The molecule has 2 heterocycles. The van der Waals surface area contributed by atoms with Gasteiger partial charge in [0.05, 0.1) is 41.7 Å². The molecule has 4 rings (SSSR count). The van der Waals surface area contributed by atoms with Crippen LogP contribution >= 0.6 is 15.9 Å². The molecule has 0 fully saturated rings. The van der Waals surface area contributed by atoms with Crippen LogP contribution in [0.15, 0.2) is 58.4 Å². The van der Waals surface area contributed by atoms with E-state index in [4.69, 9.17) is 9.47 Å². The molecule has 0 amide bonds. The maximum Gasteiger partial charge on any atom is 0.182 e. The lowest BCUT2D eigenvalue weighted by Gasteiger charge is -2.16. The van der Waals surface area contributed by atoms with Gasteiger partial charge in [-0.3, -0.25) is 4.72 Å². The van der Waals surface area contributed by atoms with Gasteiger partial charge >= 0.3 is 0 Å². The number of hydrogen-bond donors (Lipinski definition) is 2. The summed E-state index contributed by atoms with van der Waals surface area (Å²) in [6.45, 7) is 0. The fraction of sp³-hybridized carbons (Fsp3) is 0.150. The monoisotopic (exact) mass is 502 g/mol. The van der Waals surface area contributed by atoms with Gasteiger partial charge < -0.3 is 19.4 Å². The zero-order chi connectivity index (χ0) is 22.0. The predicted molar refractivity (Wildman–Crippen MR) is 123 cm³/mol. The Labute approximate surface area is 189 Å². The van der Waals surface area contributed by atoms with E-state index in [0.717, 1.165) is 0 Å². The van der Waals surface area contributed by atoms with Crippen molar-refractivity contribution in [1.82, 2.24) is 19.5 Å². The Kier molecular flexibility index (Phi) is 6.05. The van der Waals surface area contributed by atoms with Crippen molar-refractivity contribution in [3.63, 3.8) is 0 Å². The molecule has 0 spiro atoms. The molecule has 31 heavy (non-hydrogen) atoms. The summed E-state index contributed by atoms with van der Waals surface area (Å²) in [5, 5.41) is 3.62. The Morgan fingerprint density at radius 2 is 1.77 bits per heavy atom. The van der Waals surface area contributed by atoms with Gasteiger partial charge in [0.15, 0.2) is 27.6 Å². The number of ether oxygens (including phenoxy) is 2. The molecule has 2 aromatic carbocycles. The number of nitrogens with zero attached hydrogens (tertiary/aromatic N) is 4. The van der Waals surface area contributed by atoms with Gasteiger partial charge in [-0.15, -0.1) is 0 Å². The number of hydrogen-bond acceptors (Lipinski definition) is 7. The molecule has 2 N–H and O–H groups in total. The molecule has 0 radical (unpaired) electrons. The van der Waals surface area contributed by atoms with Crippen LogP contribution in [0.1, 0.15) is 0 Å². The van der Waals surface area contributed by atoms with E-state index >= 15 is 0 Å². The Hall–Kier alpha value is -3.18. The van der Waals surface area contributed by atoms with E-state index in [1.54, 1.807) is 43.4 Å². The Morgan fingerprint density at radius 1 is 1.06 bits per heavy atom. The minimum absolute atomic E-state index is 0.316. The molecule has 0 aliphatic carbocycles. The van der Waals surface area contributed by atoms with Crippen LogP contribution in [0.3, 0.4) is 0 Å². The number of halogens is 1. The molecule has 1 unspecified atom stereocenters. The SMILES string of the molecule is COc1cc(Nc2nc3ccccc3nc2NS(=O)c2cn(C)cn2)c(Br)c(OC)c1. The zero-order valence-corrected chi connectivity index (χ0v) is 19.3. The molecule has 4 aromatic rings. The fourth-order valence-electron chi connectivity index (χ4n) is 2.84. The number of methoxy groups -OCH3 is 2.